The summed E-state index contributed by atoms with van der Waals surface area (Å²) in [5.74, 6) is -11.1. The zero-order chi connectivity index (χ0) is 37.3. The Morgan fingerprint density at radius 3 is 1.48 bits per heavy atom. The Labute approximate surface area is 290 Å². The highest BCUT2D eigenvalue weighted by Crippen LogP contribution is 2.41. The van der Waals surface area contributed by atoms with Crippen LogP contribution in [-0.2, 0) is 9.31 Å². The smallest absolute Gasteiger partial charge is 0.385 e. The standard InChI is InChI=1S/C37H25BF10N2O2/c39-34(40,36(43,44)45)22-51-38(52-23-35(41,42)37(46,47)48)50-31(25-14-6-2-7-15-25)20-29(24-12-4-1-5-13-24)32(50)21-30-27-18-10-11-19-28(27)33(49-30)26-16-8-3-9-17-26/h1-21H,22-23H2/b30-21-. The quantitative estimate of drug-likeness (QED) is 0.100. The lowest BCUT2D eigenvalue weighted by molar-refractivity contribution is -0.295. The normalized spacial score (nSPS) is 14.4. The van der Waals surface area contributed by atoms with E-state index < -0.39 is 44.7 Å². The summed E-state index contributed by atoms with van der Waals surface area (Å²) in [5, 5.41) is 0. The molecule has 2 heterocycles. The molecule has 4 nitrogen and oxygen atoms in total. The molecule has 5 aromatic rings. The summed E-state index contributed by atoms with van der Waals surface area (Å²) in [6.07, 6.45) is -10.9. The first-order chi connectivity index (χ1) is 24.6. The third-order valence-corrected chi connectivity index (χ3v) is 8.10. The second-order valence-electron chi connectivity index (χ2n) is 11.7. The van der Waals surface area contributed by atoms with E-state index in [9.17, 15) is 43.9 Å². The van der Waals surface area contributed by atoms with Gasteiger partial charge in [-0.15, -0.1) is 0 Å². The van der Waals surface area contributed by atoms with E-state index in [1.54, 1.807) is 91.0 Å². The summed E-state index contributed by atoms with van der Waals surface area (Å²) in [5.41, 5.74) is 3.67. The van der Waals surface area contributed by atoms with Crippen LogP contribution in [0.5, 0.6) is 0 Å². The van der Waals surface area contributed by atoms with Gasteiger partial charge >= 0.3 is 31.5 Å². The number of hydrogen-bond donors (Lipinski definition) is 0. The molecule has 0 fully saturated rings. The van der Waals surface area contributed by atoms with Gasteiger partial charge in [0.05, 0.1) is 11.4 Å². The highest BCUT2D eigenvalue weighted by molar-refractivity contribution is 6.44. The van der Waals surface area contributed by atoms with Crippen molar-refractivity contribution in [2.45, 2.75) is 24.2 Å². The van der Waals surface area contributed by atoms with Crippen LogP contribution in [0.4, 0.5) is 43.9 Å². The van der Waals surface area contributed by atoms with Crippen molar-refractivity contribution < 1.29 is 53.2 Å². The predicted molar refractivity (Wildman–Crippen MR) is 177 cm³/mol. The molecule has 0 unspecified atom stereocenters. The zero-order valence-corrected chi connectivity index (χ0v) is 26.6. The Balaban J connectivity index is 1.62. The van der Waals surface area contributed by atoms with Crippen LogP contribution in [0.25, 0.3) is 34.2 Å². The van der Waals surface area contributed by atoms with E-state index in [0.717, 1.165) is 10.0 Å². The second kappa shape index (κ2) is 14.1. The average molecular weight is 730 g/mol. The molecule has 1 aliphatic rings. The van der Waals surface area contributed by atoms with Crippen LogP contribution in [0, 0.1) is 0 Å². The molecule has 1 aromatic heterocycles. The SMILES string of the molecule is FC(F)(F)C(F)(F)COB(OCC(F)(F)C(F)(F)F)n1c(-c2ccccc2)cc(-c2ccccc2)c1/C=C1\N=C(c2ccccc2)c2ccccc21. The molecular formula is C37H25BF10N2O2. The third kappa shape index (κ3) is 7.42. The number of nitrogens with zero attached hydrogens (tertiary/aromatic N) is 2. The molecule has 0 saturated heterocycles. The van der Waals surface area contributed by atoms with Crippen LogP contribution in [0.1, 0.15) is 22.4 Å². The number of hydrogen-bond acceptors (Lipinski definition) is 3. The molecule has 0 atom stereocenters. The Morgan fingerprint density at radius 2 is 0.981 bits per heavy atom. The highest BCUT2D eigenvalue weighted by Gasteiger charge is 2.60. The van der Waals surface area contributed by atoms with Crippen molar-refractivity contribution in [3.63, 3.8) is 0 Å². The van der Waals surface area contributed by atoms with Crippen LogP contribution < -0.4 is 0 Å². The molecule has 268 valence electrons. The minimum Gasteiger partial charge on any atom is -0.385 e. The fraction of sp³-hybridized carbons (Fsp3) is 0.162. The molecule has 4 aromatic carbocycles. The van der Waals surface area contributed by atoms with Gasteiger partial charge in [0.2, 0.25) is 0 Å². The number of alkyl halides is 10. The van der Waals surface area contributed by atoms with E-state index in [1.807, 2.05) is 12.1 Å². The lowest BCUT2D eigenvalue weighted by Gasteiger charge is -2.26. The first kappa shape index (κ1) is 36.6. The summed E-state index contributed by atoms with van der Waals surface area (Å²) < 4.78 is 148. The molecule has 52 heavy (non-hydrogen) atoms. The van der Waals surface area contributed by atoms with E-state index in [0.29, 0.717) is 22.4 Å². The first-order valence-corrected chi connectivity index (χ1v) is 15.5. The Kier molecular flexibility index (Phi) is 9.94. The Morgan fingerprint density at radius 1 is 0.538 bits per heavy atom. The summed E-state index contributed by atoms with van der Waals surface area (Å²) in [6.45, 7) is -4.94. The van der Waals surface area contributed by atoms with E-state index in [-0.39, 0.29) is 28.2 Å². The molecular weight excluding hydrogens is 705 g/mol. The number of aliphatic imine (C=N–C) groups is 1. The van der Waals surface area contributed by atoms with Crippen molar-refractivity contribution in [2.24, 2.45) is 4.99 Å². The van der Waals surface area contributed by atoms with Crippen molar-refractivity contribution in [3.05, 3.63) is 144 Å². The van der Waals surface area contributed by atoms with Crippen molar-refractivity contribution >= 4 is 24.7 Å². The van der Waals surface area contributed by atoms with E-state index in [1.165, 1.54) is 24.3 Å². The minimum absolute atomic E-state index is 0.0273. The fourth-order valence-corrected chi connectivity index (χ4v) is 5.52. The number of halogens is 10. The minimum atomic E-state index is -6.15. The highest BCUT2D eigenvalue weighted by atomic mass is 19.4. The number of fused-ring (bicyclic) bond motifs is 1. The second-order valence-corrected chi connectivity index (χ2v) is 11.7. The summed E-state index contributed by atoms with van der Waals surface area (Å²) in [7, 11) is -2.67. The summed E-state index contributed by atoms with van der Waals surface area (Å²) >= 11 is 0. The van der Waals surface area contributed by atoms with E-state index in [4.69, 9.17) is 14.3 Å². The van der Waals surface area contributed by atoms with Crippen LogP contribution in [-0.4, -0.2) is 54.9 Å². The predicted octanol–water partition coefficient (Wildman–Crippen LogP) is 10.4. The largest absolute Gasteiger partial charge is 0.598 e. The molecule has 0 aliphatic carbocycles. The van der Waals surface area contributed by atoms with Crippen molar-refractivity contribution in [1.29, 1.82) is 0 Å². The van der Waals surface area contributed by atoms with Crippen molar-refractivity contribution in [1.82, 2.24) is 4.48 Å². The van der Waals surface area contributed by atoms with Gasteiger partial charge in [-0.3, -0.25) is 0 Å². The molecule has 15 heteroatoms. The maximum absolute atomic E-state index is 14.3. The molecule has 0 spiro atoms. The van der Waals surface area contributed by atoms with Crippen molar-refractivity contribution in [2.75, 3.05) is 13.2 Å². The van der Waals surface area contributed by atoms with Crippen molar-refractivity contribution in [3.8, 4) is 22.4 Å². The average Bonchev–Trinajstić information content (AvgIpc) is 3.67. The fourth-order valence-electron chi connectivity index (χ4n) is 5.52. The van der Waals surface area contributed by atoms with Gasteiger partial charge in [0.15, 0.2) is 0 Å². The molecule has 0 amide bonds. The maximum atomic E-state index is 14.3. The van der Waals surface area contributed by atoms with Gasteiger partial charge in [-0.25, -0.2) is 4.99 Å². The first-order valence-electron chi connectivity index (χ1n) is 15.5. The summed E-state index contributed by atoms with van der Waals surface area (Å²) in [4.78, 5) is 4.82. The van der Waals surface area contributed by atoms with Gasteiger partial charge in [0, 0.05) is 33.6 Å². The molecule has 0 radical (unpaired) electrons. The van der Waals surface area contributed by atoms with Gasteiger partial charge in [-0.05, 0) is 23.3 Å². The monoisotopic (exact) mass is 730 g/mol. The summed E-state index contributed by atoms with van der Waals surface area (Å²) in [6, 6.07) is 33.5. The molecule has 0 bridgehead atoms. The van der Waals surface area contributed by atoms with Gasteiger partial charge in [-0.2, -0.15) is 43.9 Å². The van der Waals surface area contributed by atoms with Gasteiger partial charge in [0.1, 0.15) is 13.2 Å². The number of rotatable bonds is 11. The molecule has 0 saturated carbocycles. The van der Waals surface area contributed by atoms with Crippen LogP contribution in [0.3, 0.4) is 0 Å². The van der Waals surface area contributed by atoms with Gasteiger partial charge in [0.25, 0.3) is 0 Å². The lowest BCUT2D eigenvalue weighted by atomic mass is 9.98. The van der Waals surface area contributed by atoms with E-state index >= 15 is 0 Å². The topological polar surface area (TPSA) is 35.8 Å². The van der Waals surface area contributed by atoms with Gasteiger partial charge < -0.3 is 13.8 Å². The van der Waals surface area contributed by atoms with Crippen LogP contribution in [0.15, 0.2) is 126 Å². The van der Waals surface area contributed by atoms with Crippen LogP contribution in [0.2, 0.25) is 0 Å². The Hall–Kier alpha value is -5.15. The third-order valence-electron chi connectivity index (χ3n) is 8.10. The molecule has 0 N–H and O–H groups in total. The molecule has 1 aliphatic heterocycles. The Bertz CT molecular complexity index is 2050. The lowest BCUT2D eigenvalue weighted by Crippen LogP contribution is -2.48. The number of aromatic nitrogens is 1. The number of benzene rings is 4. The zero-order valence-electron chi connectivity index (χ0n) is 26.6. The van der Waals surface area contributed by atoms with Crippen LogP contribution >= 0.6 is 0 Å². The maximum Gasteiger partial charge on any atom is 0.598 e. The molecule has 6 rings (SSSR count). The van der Waals surface area contributed by atoms with E-state index in [2.05, 4.69) is 0 Å². The van der Waals surface area contributed by atoms with Gasteiger partial charge in [-0.1, -0.05) is 115 Å².